The second-order valence-electron chi connectivity index (χ2n) is 3.67. The van der Waals surface area contributed by atoms with Crippen molar-refractivity contribution in [2.75, 3.05) is 7.11 Å². The molecule has 4 heteroatoms. The Labute approximate surface area is 99.3 Å². The average molecular weight is 228 g/mol. The number of aldehydes is 1. The van der Waals surface area contributed by atoms with Crippen molar-refractivity contribution in [1.29, 1.82) is 0 Å². The highest BCUT2D eigenvalue weighted by molar-refractivity contribution is 5.87. The van der Waals surface area contributed by atoms with Gasteiger partial charge in [0.1, 0.15) is 0 Å². The minimum Gasteiger partial charge on any atom is -0.467 e. The molecule has 1 aromatic carbocycles. The first-order chi connectivity index (χ1) is 8.24. The van der Waals surface area contributed by atoms with E-state index in [1.54, 1.807) is 12.4 Å². The Kier molecular flexibility index (Phi) is 3.14. The molecule has 1 aromatic heterocycles. The van der Waals surface area contributed by atoms with Crippen LogP contribution >= 0.6 is 0 Å². The molecule has 4 nitrogen and oxygen atoms in total. The summed E-state index contributed by atoms with van der Waals surface area (Å²) in [5.74, 6) is 0. The molecule has 0 radical (unpaired) electrons. The number of carbonyl (C=O) groups excluding carboxylic acids is 1. The summed E-state index contributed by atoms with van der Waals surface area (Å²) < 4.78 is 4.89. The lowest BCUT2D eigenvalue weighted by Crippen LogP contribution is -1.94. The molecule has 0 aliphatic rings. The van der Waals surface area contributed by atoms with E-state index in [0.717, 1.165) is 23.0 Å². The van der Waals surface area contributed by atoms with Gasteiger partial charge < -0.3 is 4.74 Å². The summed E-state index contributed by atoms with van der Waals surface area (Å²) in [6.45, 7) is 1.95. The Morgan fingerprint density at radius 1 is 1.24 bits per heavy atom. The summed E-state index contributed by atoms with van der Waals surface area (Å²) in [6, 6.07) is 6.00. The molecule has 0 atom stereocenters. The monoisotopic (exact) mass is 228 g/mol. The lowest BCUT2D eigenvalue weighted by Gasteiger charge is -2.05. The van der Waals surface area contributed by atoms with Crippen molar-refractivity contribution < 1.29 is 9.53 Å². The maximum Gasteiger partial charge on any atom is 0.316 e. The van der Waals surface area contributed by atoms with Crippen LogP contribution in [0.2, 0.25) is 0 Å². The van der Waals surface area contributed by atoms with Crippen LogP contribution in [-0.4, -0.2) is 23.4 Å². The third-order valence-corrected chi connectivity index (χ3v) is 2.46. The molecule has 0 N–H and O–H groups in total. The zero-order chi connectivity index (χ0) is 12.3. The predicted molar refractivity (Wildman–Crippen MR) is 64.1 cm³/mol. The van der Waals surface area contributed by atoms with Crippen LogP contribution in [0, 0.1) is 6.92 Å². The van der Waals surface area contributed by atoms with Crippen molar-refractivity contribution in [2.45, 2.75) is 6.92 Å². The zero-order valence-electron chi connectivity index (χ0n) is 9.68. The van der Waals surface area contributed by atoms with E-state index in [-0.39, 0.29) is 0 Å². The molecule has 2 rings (SSSR count). The number of aromatic nitrogens is 2. The number of ether oxygens (including phenoxy) is 1. The largest absolute Gasteiger partial charge is 0.467 e. The van der Waals surface area contributed by atoms with Crippen LogP contribution in [0.5, 0.6) is 6.01 Å². The van der Waals surface area contributed by atoms with Crippen LogP contribution in [0.4, 0.5) is 0 Å². The van der Waals surface area contributed by atoms with Gasteiger partial charge in [-0.25, -0.2) is 9.97 Å². The molecular weight excluding hydrogens is 216 g/mol. The minimum absolute atomic E-state index is 0.313. The van der Waals surface area contributed by atoms with Gasteiger partial charge in [0, 0.05) is 23.5 Å². The molecule has 0 amide bonds. The van der Waals surface area contributed by atoms with Crippen LogP contribution in [0.15, 0.2) is 30.6 Å². The molecule has 2 aromatic rings. The van der Waals surface area contributed by atoms with Gasteiger partial charge in [0.05, 0.1) is 7.11 Å². The van der Waals surface area contributed by atoms with E-state index >= 15 is 0 Å². The molecule has 0 fully saturated rings. The maximum atomic E-state index is 11.0. The molecule has 0 aliphatic carbocycles. The van der Waals surface area contributed by atoms with Crippen molar-refractivity contribution in [2.24, 2.45) is 0 Å². The molecule has 0 unspecified atom stereocenters. The van der Waals surface area contributed by atoms with Crippen molar-refractivity contribution in [3.63, 3.8) is 0 Å². The third kappa shape index (κ3) is 2.30. The lowest BCUT2D eigenvalue weighted by molar-refractivity contribution is 0.112. The number of aryl methyl sites for hydroxylation is 1. The van der Waals surface area contributed by atoms with E-state index in [9.17, 15) is 4.79 Å². The second-order valence-corrected chi connectivity index (χ2v) is 3.67. The highest BCUT2D eigenvalue weighted by atomic mass is 16.5. The number of carbonyl (C=O) groups is 1. The van der Waals surface area contributed by atoms with Gasteiger partial charge in [-0.05, 0) is 18.6 Å². The van der Waals surface area contributed by atoms with Crippen molar-refractivity contribution in [1.82, 2.24) is 9.97 Å². The molecule has 0 spiro atoms. The Hall–Kier alpha value is -2.23. The van der Waals surface area contributed by atoms with Gasteiger partial charge in [0.15, 0.2) is 6.29 Å². The Bertz CT molecular complexity index is 536. The summed E-state index contributed by atoms with van der Waals surface area (Å²) in [4.78, 5) is 19.1. The molecule has 0 saturated carbocycles. The van der Waals surface area contributed by atoms with Gasteiger partial charge in [0.25, 0.3) is 0 Å². The van der Waals surface area contributed by atoms with Crippen LogP contribution < -0.4 is 4.74 Å². The molecule has 0 aliphatic heterocycles. The van der Waals surface area contributed by atoms with E-state index < -0.39 is 0 Å². The summed E-state index contributed by atoms with van der Waals surface area (Å²) in [7, 11) is 1.51. The van der Waals surface area contributed by atoms with Crippen molar-refractivity contribution >= 4 is 6.29 Å². The number of rotatable bonds is 3. The van der Waals surface area contributed by atoms with Gasteiger partial charge in [-0.1, -0.05) is 17.7 Å². The smallest absolute Gasteiger partial charge is 0.316 e. The molecule has 1 heterocycles. The maximum absolute atomic E-state index is 11.0. The van der Waals surface area contributed by atoms with Crippen LogP contribution in [0.3, 0.4) is 0 Å². The standard InChI is InChI=1S/C13H12N2O2/c1-9-3-4-12(10(5-9)8-16)11-6-14-13(17-2)15-7-11/h3-8H,1-2H3. The minimum atomic E-state index is 0.313. The Balaban J connectivity index is 2.48. The van der Waals surface area contributed by atoms with Crippen LogP contribution in [0.25, 0.3) is 11.1 Å². The fourth-order valence-corrected chi connectivity index (χ4v) is 1.60. The normalized spacial score (nSPS) is 10.0. The lowest BCUT2D eigenvalue weighted by atomic mass is 10.0. The van der Waals surface area contributed by atoms with Crippen LogP contribution in [-0.2, 0) is 0 Å². The van der Waals surface area contributed by atoms with Gasteiger partial charge in [-0.2, -0.15) is 0 Å². The van der Waals surface area contributed by atoms with E-state index in [1.165, 1.54) is 7.11 Å². The molecule has 0 saturated heterocycles. The fraction of sp³-hybridized carbons (Fsp3) is 0.154. The number of hydrogen-bond donors (Lipinski definition) is 0. The molecule has 0 bridgehead atoms. The Morgan fingerprint density at radius 3 is 2.53 bits per heavy atom. The topological polar surface area (TPSA) is 52.1 Å². The fourth-order valence-electron chi connectivity index (χ4n) is 1.60. The highest BCUT2D eigenvalue weighted by Crippen LogP contribution is 2.23. The van der Waals surface area contributed by atoms with Gasteiger partial charge in [0.2, 0.25) is 0 Å². The van der Waals surface area contributed by atoms with E-state index in [1.807, 2.05) is 25.1 Å². The quantitative estimate of drug-likeness (QED) is 0.756. The van der Waals surface area contributed by atoms with Crippen molar-refractivity contribution in [3.05, 3.63) is 41.7 Å². The predicted octanol–water partition coefficient (Wildman–Crippen LogP) is 2.27. The first-order valence-corrected chi connectivity index (χ1v) is 5.17. The summed E-state index contributed by atoms with van der Waals surface area (Å²) in [5.41, 5.74) is 3.31. The van der Waals surface area contributed by atoms with Gasteiger partial charge in [-0.3, -0.25) is 4.79 Å². The van der Waals surface area contributed by atoms with Crippen LogP contribution in [0.1, 0.15) is 15.9 Å². The number of benzene rings is 1. The molecular formula is C13H12N2O2. The SMILES string of the molecule is COc1ncc(-c2ccc(C)cc2C=O)cn1. The zero-order valence-corrected chi connectivity index (χ0v) is 9.68. The number of methoxy groups -OCH3 is 1. The Morgan fingerprint density at radius 2 is 1.94 bits per heavy atom. The van der Waals surface area contributed by atoms with E-state index in [0.29, 0.717) is 11.6 Å². The van der Waals surface area contributed by atoms with Gasteiger partial charge >= 0.3 is 6.01 Å². The first kappa shape index (κ1) is 11.3. The first-order valence-electron chi connectivity index (χ1n) is 5.17. The highest BCUT2D eigenvalue weighted by Gasteiger charge is 2.06. The second kappa shape index (κ2) is 4.74. The number of hydrogen-bond acceptors (Lipinski definition) is 4. The van der Waals surface area contributed by atoms with Gasteiger partial charge in [-0.15, -0.1) is 0 Å². The molecule has 86 valence electrons. The average Bonchev–Trinajstić information content (AvgIpc) is 2.39. The van der Waals surface area contributed by atoms with E-state index in [2.05, 4.69) is 9.97 Å². The summed E-state index contributed by atoms with van der Waals surface area (Å²) in [6.07, 6.45) is 4.12. The van der Waals surface area contributed by atoms with Crippen molar-refractivity contribution in [3.8, 4) is 17.1 Å². The van der Waals surface area contributed by atoms with E-state index in [4.69, 9.17) is 4.74 Å². The molecule has 17 heavy (non-hydrogen) atoms. The summed E-state index contributed by atoms with van der Waals surface area (Å²) >= 11 is 0. The third-order valence-electron chi connectivity index (χ3n) is 2.46. The number of nitrogens with zero attached hydrogens (tertiary/aromatic N) is 2. The summed E-state index contributed by atoms with van der Waals surface area (Å²) in [5, 5.41) is 0.